The van der Waals surface area contributed by atoms with Crippen LogP contribution in [0.15, 0.2) is 0 Å². The van der Waals surface area contributed by atoms with Gasteiger partial charge < -0.3 is 5.32 Å². The molecule has 1 N–H and O–H groups in total. The predicted molar refractivity (Wildman–Crippen MR) is 62.8 cm³/mol. The normalized spacial score (nSPS) is 27.0. The summed E-state index contributed by atoms with van der Waals surface area (Å²) in [6.07, 6.45) is 1.25. The fourth-order valence-corrected chi connectivity index (χ4v) is 2.63. The fourth-order valence-electron chi connectivity index (χ4n) is 2.20. The Morgan fingerprint density at radius 1 is 1.31 bits per heavy atom. The summed E-state index contributed by atoms with van der Waals surface area (Å²) in [6, 6.07) is 0.0715. The number of hydrogen-bond donors (Lipinski definition) is 1. The van der Waals surface area contributed by atoms with Crippen molar-refractivity contribution in [2.24, 2.45) is 5.92 Å². The van der Waals surface area contributed by atoms with E-state index in [1.807, 2.05) is 6.26 Å². The highest BCUT2D eigenvalue weighted by atomic mass is 32.2. The summed E-state index contributed by atoms with van der Waals surface area (Å²) < 4.78 is 37.6. The fraction of sp³-hybridized carbons (Fsp3) is 1.00. The Labute approximate surface area is 99.6 Å². The average molecular weight is 255 g/mol. The van der Waals surface area contributed by atoms with Crippen molar-refractivity contribution in [3.63, 3.8) is 0 Å². The molecule has 2 atom stereocenters. The zero-order valence-electron chi connectivity index (χ0n) is 9.65. The maximum atomic E-state index is 12.5. The molecule has 1 fully saturated rings. The first-order valence-electron chi connectivity index (χ1n) is 5.83. The molecule has 0 amide bonds. The molecule has 2 unspecified atom stereocenters. The maximum absolute atomic E-state index is 12.5. The van der Waals surface area contributed by atoms with Crippen molar-refractivity contribution in [2.45, 2.75) is 44.3 Å². The SMILES string of the molecule is CSCCCNC1CCCC(C(F)(F)F)C1. The molecule has 0 saturated heterocycles. The van der Waals surface area contributed by atoms with Gasteiger partial charge in [-0.25, -0.2) is 0 Å². The van der Waals surface area contributed by atoms with Gasteiger partial charge >= 0.3 is 6.18 Å². The molecule has 1 aliphatic carbocycles. The minimum atomic E-state index is -4.00. The van der Waals surface area contributed by atoms with Crippen LogP contribution >= 0.6 is 11.8 Å². The molecule has 96 valence electrons. The summed E-state index contributed by atoms with van der Waals surface area (Å²) in [7, 11) is 0. The second kappa shape index (κ2) is 6.74. The van der Waals surface area contributed by atoms with Gasteiger partial charge in [0.2, 0.25) is 0 Å². The van der Waals surface area contributed by atoms with Crippen molar-refractivity contribution >= 4 is 11.8 Å². The Bertz CT molecular complexity index is 196. The molecule has 0 heterocycles. The standard InChI is InChI=1S/C11H20F3NS/c1-16-7-3-6-15-10-5-2-4-9(8-10)11(12,13)14/h9-10,15H,2-8H2,1H3. The summed E-state index contributed by atoms with van der Waals surface area (Å²) in [5.41, 5.74) is 0. The number of nitrogens with one attached hydrogen (secondary N) is 1. The molecular formula is C11H20F3NS. The van der Waals surface area contributed by atoms with E-state index in [1.165, 1.54) is 0 Å². The first-order chi connectivity index (χ1) is 7.54. The summed E-state index contributed by atoms with van der Waals surface area (Å²) in [6.45, 7) is 0.843. The monoisotopic (exact) mass is 255 g/mol. The number of hydrogen-bond acceptors (Lipinski definition) is 2. The van der Waals surface area contributed by atoms with Crippen molar-refractivity contribution in [3.8, 4) is 0 Å². The Morgan fingerprint density at radius 2 is 2.06 bits per heavy atom. The van der Waals surface area contributed by atoms with Crippen LogP contribution in [0.4, 0.5) is 13.2 Å². The first-order valence-corrected chi connectivity index (χ1v) is 7.22. The highest BCUT2D eigenvalue weighted by molar-refractivity contribution is 7.98. The summed E-state index contributed by atoms with van der Waals surface area (Å²) in [5.74, 6) is -0.0121. The smallest absolute Gasteiger partial charge is 0.314 e. The quantitative estimate of drug-likeness (QED) is 0.755. The highest BCUT2D eigenvalue weighted by Gasteiger charge is 2.41. The minimum Gasteiger partial charge on any atom is -0.314 e. The Hall–Kier alpha value is 0.100. The predicted octanol–water partition coefficient (Wildman–Crippen LogP) is 3.45. The molecule has 1 aliphatic rings. The summed E-state index contributed by atoms with van der Waals surface area (Å²) in [4.78, 5) is 0. The van der Waals surface area contributed by atoms with Crippen LogP contribution in [-0.4, -0.2) is 30.8 Å². The molecule has 1 rings (SSSR count). The number of thioether (sulfide) groups is 1. The molecule has 16 heavy (non-hydrogen) atoms. The van der Waals surface area contributed by atoms with Crippen molar-refractivity contribution in [1.82, 2.24) is 5.32 Å². The Balaban J connectivity index is 2.23. The third-order valence-electron chi connectivity index (χ3n) is 3.10. The van der Waals surface area contributed by atoms with Gasteiger partial charge in [0.1, 0.15) is 0 Å². The molecule has 0 aliphatic heterocycles. The van der Waals surface area contributed by atoms with Gasteiger partial charge in [-0.3, -0.25) is 0 Å². The molecule has 0 spiro atoms. The van der Waals surface area contributed by atoms with Gasteiger partial charge in [-0.2, -0.15) is 24.9 Å². The summed E-state index contributed by atoms with van der Waals surface area (Å²) >= 11 is 1.77. The van der Waals surface area contributed by atoms with Crippen LogP contribution < -0.4 is 5.32 Å². The molecule has 0 bridgehead atoms. The number of halogens is 3. The first kappa shape index (κ1) is 14.2. The lowest BCUT2D eigenvalue weighted by molar-refractivity contribution is -0.183. The minimum absolute atomic E-state index is 0.0715. The van der Waals surface area contributed by atoms with Crippen LogP contribution in [0.25, 0.3) is 0 Å². The van der Waals surface area contributed by atoms with E-state index < -0.39 is 12.1 Å². The molecule has 0 radical (unpaired) electrons. The van der Waals surface area contributed by atoms with Gasteiger partial charge in [0, 0.05) is 6.04 Å². The van der Waals surface area contributed by atoms with Crippen molar-refractivity contribution in [3.05, 3.63) is 0 Å². The van der Waals surface area contributed by atoms with E-state index in [9.17, 15) is 13.2 Å². The number of rotatable bonds is 5. The lowest BCUT2D eigenvalue weighted by Gasteiger charge is -2.31. The van der Waals surface area contributed by atoms with Crippen molar-refractivity contribution in [1.29, 1.82) is 0 Å². The van der Waals surface area contributed by atoms with Gasteiger partial charge in [0.05, 0.1) is 5.92 Å². The van der Waals surface area contributed by atoms with Gasteiger partial charge in [-0.05, 0) is 44.2 Å². The molecule has 1 nitrogen and oxygen atoms in total. The third-order valence-corrected chi connectivity index (χ3v) is 3.79. The van der Waals surface area contributed by atoms with E-state index in [1.54, 1.807) is 11.8 Å². The van der Waals surface area contributed by atoms with Crippen LogP contribution in [0.3, 0.4) is 0 Å². The van der Waals surface area contributed by atoms with Crippen LogP contribution in [0.1, 0.15) is 32.1 Å². The van der Waals surface area contributed by atoms with E-state index >= 15 is 0 Å². The lowest BCUT2D eigenvalue weighted by Crippen LogP contribution is -2.39. The second-order valence-corrected chi connectivity index (χ2v) is 5.39. The van der Waals surface area contributed by atoms with E-state index in [0.29, 0.717) is 12.8 Å². The maximum Gasteiger partial charge on any atom is 0.391 e. The highest BCUT2D eigenvalue weighted by Crippen LogP contribution is 2.37. The number of alkyl halides is 3. The average Bonchev–Trinajstić information content (AvgIpc) is 2.24. The summed E-state index contributed by atoms with van der Waals surface area (Å²) in [5, 5.41) is 3.25. The third kappa shape index (κ3) is 4.95. The molecular weight excluding hydrogens is 235 g/mol. The van der Waals surface area contributed by atoms with E-state index in [2.05, 4.69) is 5.32 Å². The zero-order chi connectivity index (χ0) is 12.0. The topological polar surface area (TPSA) is 12.0 Å². The Morgan fingerprint density at radius 3 is 2.69 bits per heavy atom. The van der Waals surface area contributed by atoms with Crippen LogP contribution in [0.5, 0.6) is 0 Å². The lowest BCUT2D eigenvalue weighted by atomic mass is 9.85. The largest absolute Gasteiger partial charge is 0.391 e. The zero-order valence-corrected chi connectivity index (χ0v) is 10.5. The van der Waals surface area contributed by atoms with Crippen LogP contribution in [0.2, 0.25) is 0 Å². The van der Waals surface area contributed by atoms with E-state index in [0.717, 1.165) is 25.1 Å². The molecule has 0 aromatic rings. The van der Waals surface area contributed by atoms with Crippen LogP contribution in [0, 0.1) is 5.92 Å². The van der Waals surface area contributed by atoms with Gasteiger partial charge in [0.25, 0.3) is 0 Å². The molecule has 0 aromatic heterocycles. The van der Waals surface area contributed by atoms with Gasteiger partial charge in [-0.15, -0.1) is 0 Å². The Kier molecular flexibility index (Phi) is 5.97. The van der Waals surface area contributed by atoms with Crippen molar-refractivity contribution < 1.29 is 13.2 Å². The van der Waals surface area contributed by atoms with Crippen molar-refractivity contribution in [2.75, 3.05) is 18.6 Å². The molecule has 5 heteroatoms. The molecule has 1 saturated carbocycles. The van der Waals surface area contributed by atoms with E-state index in [-0.39, 0.29) is 12.5 Å². The van der Waals surface area contributed by atoms with E-state index in [4.69, 9.17) is 0 Å². The second-order valence-electron chi connectivity index (χ2n) is 4.40. The van der Waals surface area contributed by atoms with Crippen LogP contribution in [-0.2, 0) is 0 Å². The van der Waals surface area contributed by atoms with Gasteiger partial charge in [-0.1, -0.05) is 6.42 Å². The molecule has 0 aromatic carbocycles. The van der Waals surface area contributed by atoms with Gasteiger partial charge in [0.15, 0.2) is 0 Å².